The zero-order chi connectivity index (χ0) is 26.4. The number of fused-ring (bicyclic) bond motifs is 2. The van der Waals surface area contributed by atoms with Gasteiger partial charge in [0.1, 0.15) is 12.4 Å². The molecule has 1 unspecified atom stereocenters. The van der Waals surface area contributed by atoms with Crippen molar-refractivity contribution in [1.82, 2.24) is 29.2 Å². The van der Waals surface area contributed by atoms with Crippen molar-refractivity contribution < 1.29 is 4.39 Å². The second-order valence-corrected chi connectivity index (χ2v) is 10.9. The first kappa shape index (κ1) is 25.3. The summed E-state index contributed by atoms with van der Waals surface area (Å²) in [7, 11) is 1.67. The number of anilines is 1. The number of nitrogens with zero attached hydrogens (tertiary/aromatic N) is 8. The maximum atomic E-state index is 15.6. The number of aromatic nitrogens is 5. The standard InChI is InChI=1S/C26H31FN8OS/c1-6-17-13-35(25-23-21(32(5)26(36)30-25)14-33(31-23)11-10-28)18(7-2)12-34(17)15(3)19-8-9-20-24(22(19)27)37-16(4)29-20/h8-9,14-15,17-18H,6-7,11-13H2,1-5H3/t15?,17-,18+/m1/s1. The van der Waals surface area contributed by atoms with Crippen molar-refractivity contribution in [3.8, 4) is 6.07 Å². The van der Waals surface area contributed by atoms with Gasteiger partial charge in [-0.1, -0.05) is 19.9 Å². The van der Waals surface area contributed by atoms with Gasteiger partial charge in [-0.25, -0.2) is 14.2 Å². The van der Waals surface area contributed by atoms with Gasteiger partial charge in [0.2, 0.25) is 0 Å². The van der Waals surface area contributed by atoms with Crippen molar-refractivity contribution in [2.24, 2.45) is 7.05 Å². The third-order valence-corrected chi connectivity index (χ3v) is 8.55. The number of aryl methyl sites for hydroxylation is 2. The SMILES string of the molecule is CC[C@H]1CN(C(C)c2ccc3nc(C)sc3c2F)[C@H](CC)CN1c1nc(=O)n(C)c2cn(CC#N)nc12. The maximum absolute atomic E-state index is 15.6. The first-order valence-electron chi connectivity index (χ1n) is 12.7. The van der Waals surface area contributed by atoms with Crippen LogP contribution in [0.3, 0.4) is 0 Å². The van der Waals surface area contributed by atoms with E-state index in [0.717, 1.165) is 17.8 Å². The van der Waals surface area contributed by atoms with Crippen LogP contribution in [0.15, 0.2) is 23.1 Å². The van der Waals surface area contributed by atoms with Crippen LogP contribution in [0.2, 0.25) is 0 Å². The molecule has 37 heavy (non-hydrogen) atoms. The Hall–Kier alpha value is -3.36. The van der Waals surface area contributed by atoms with E-state index in [9.17, 15) is 4.79 Å². The molecule has 0 amide bonds. The lowest BCUT2D eigenvalue weighted by molar-refractivity contribution is 0.0991. The highest BCUT2D eigenvalue weighted by atomic mass is 32.1. The summed E-state index contributed by atoms with van der Waals surface area (Å²) in [5, 5.41) is 14.6. The van der Waals surface area contributed by atoms with Crippen LogP contribution in [0.1, 0.15) is 50.2 Å². The van der Waals surface area contributed by atoms with E-state index in [1.165, 1.54) is 15.9 Å². The van der Waals surface area contributed by atoms with Crippen LogP contribution in [0.4, 0.5) is 10.2 Å². The number of thiazole rings is 1. The van der Waals surface area contributed by atoms with Gasteiger partial charge < -0.3 is 4.90 Å². The predicted octanol–water partition coefficient (Wildman–Crippen LogP) is 4.15. The number of hydrogen-bond acceptors (Lipinski definition) is 8. The van der Waals surface area contributed by atoms with Crippen LogP contribution >= 0.6 is 11.3 Å². The molecule has 0 aliphatic carbocycles. The molecule has 1 saturated heterocycles. The highest BCUT2D eigenvalue weighted by molar-refractivity contribution is 7.18. The number of hydrogen-bond donors (Lipinski definition) is 0. The number of benzene rings is 1. The minimum Gasteiger partial charge on any atom is -0.349 e. The van der Waals surface area contributed by atoms with Crippen molar-refractivity contribution in [2.75, 3.05) is 18.0 Å². The third kappa shape index (κ3) is 4.28. The number of nitriles is 1. The molecule has 3 atom stereocenters. The summed E-state index contributed by atoms with van der Waals surface area (Å²) in [4.78, 5) is 26.2. The molecule has 1 aromatic carbocycles. The summed E-state index contributed by atoms with van der Waals surface area (Å²) in [6, 6.07) is 5.95. The molecule has 0 saturated carbocycles. The highest BCUT2D eigenvalue weighted by Gasteiger charge is 2.37. The Morgan fingerprint density at radius 2 is 1.97 bits per heavy atom. The van der Waals surface area contributed by atoms with E-state index < -0.39 is 0 Å². The summed E-state index contributed by atoms with van der Waals surface area (Å²) in [6.07, 6.45) is 3.41. The van der Waals surface area contributed by atoms with Crippen LogP contribution in [0.25, 0.3) is 21.3 Å². The van der Waals surface area contributed by atoms with Crippen molar-refractivity contribution in [3.63, 3.8) is 0 Å². The lowest BCUT2D eigenvalue weighted by Gasteiger charge is -2.49. The Morgan fingerprint density at radius 3 is 2.68 bits per heavy atom. The van der Waals surface area contributed by atoms with E-state index in [1.54, 1.807) is 17.9 Å². The molecule has 4 heterocycles. The van der Waals surface area contributed by atoms with E-state index in [1.807, 2.05) is 19.1 Å². The van der Waals surface area contributed by atoms with Crippen LogP contribution < -0.4 is 10.6 Å². The predicted molar refractivity (Wildman–Crippen MR) is 143 cm³/mol. The zero-order valence-electron chi connectivity index (χ0n) is 21.8. The Labute approximate surface area is 218 Å². The highest BCUT2D eigenvalue weighted by Crippen LogP contribution is 2.36. The van der Waals surface area contributed by atoms with Gasteiger partial charge in [0, 0.05) is 43.8 Å². The molecule has 1 aliphatic rings. The summed E-state index contributed by atoms with van der Waals surface area (Å²) in [5.74, 6) is 0.374. The maximum Gasteiger partial charge on any atom is 0.349 e. The molecule has 9 nitrogen and oxygen atoms in total. The molecule has 0 bridgehead atoms. The minimum atomic E-state index is -0.354. The van der Waals surface area contributed by atoms with Crippen molar-refractivity contribution in [3.05, 3.63) is 45.2 Å². The van der Waals surface area contributed by atoms with Crippen LogP contribution in [0, 0.1) is 24.1 Å². The topological polar surface area (TPSA) is 95.9 Å². The molecule has 194 valence electrons. The number of piperazine rings is 1. The van der Waals surface area contributed by atoms with E-state index in [2.05, 4.69) is 51.7 Å². The molecule has 11 heteroatoms. The first-order valence-corrected chi connectivity index (χ1v) is 13.5. The smallest absolute Gasteiger partial charge is 0.349 e. The lowest BCUT2D eigenvalue weighted by Crippen LogP contribution is -2.59. The number of halogens is 1. The van der Waals surface area contributed by atoms with Gasteiger partial charge in [0.15, 0.2) is 11.3 Å². The average molecular weight is 523 g/mol. The Balaban J connectivity index is 1.52. The van der Waals surface area contributed by atoms with E-state index in [4.69, 9.17) is 5.26 Å². The van der Waals surface area contributed by atoms with Crippen LogP contribution in [-0.4, -0.2) is 54.4 Å². The molecule has 3 aromatic heterocycles. The molecule has 0 radical (unpaired) electrons. The second-order valence-electron chi connectivity index (χ2n) is 9.69. The van der Waals surface area contributed by atoms with Gasteiger partial charge in [0.05, 0.1) is 33.0 Å². The zero-order valence-corrected chi connectivity index (χ0v) is 22.6. The number of rotatable bonds is 6. The van der Waals surface area contributed by atoms with E-state index >= 15 is 4.39 Å². The fourth-order valence-electron chi connectivity index (χ4n) is 5.50. The average Bonchev–Trinajstić information content (AvgIpc) is 3.49. The summed E-state index contributed by atoms with van der Waals surface area (Å²) in [6.45, 7) is 9.66. The Kier molecular flexibility index (Phi) is 6.72. The van der Waals surface area contributed by atoms with Gasteiger partial charge >= 0.3 is 5.69 Å². The van der Waals surface area contributed by atoms with Gasteiger partial charge in [-0.15, -0.1) is 11.3 Å². The molecule has 0 spiro atoms. The van der Waals surface area contributed by atoms with Crippen LogP contribution in [-0.2, 0) is 13.6 Å². The van der Waals surface area contributed by atoms with Gasteiger partial charge in [0.25, 0.3) is 0 Å². The van der Waals surface area contributed by atoms with Gasteiger partial charge in [-0.2, -0.15) is 15.3 Å². The van der Waals surface area contributed by atoms with Gasteiger partial charge in [-0.05, 0) is 32.8 Å². The molecular weight excluding hydrogens is 491 g/mol. The third-order valence-electron chi connectivity index (χ3n) is 7.57. The second kappa shape index (κ2) is 9.84. The normalized spacial score (nSPS) is 19.5. The largest absolute Gasteiger partial charge is 0.349 e. The van der Waals surface area contributed by atoms with E-state index in [-0.39, 0.29) is 36.2 Å². The van der Waals surface area contributed by atoms with E-state index in [0.29, 0.717) is 45.7 Å². The van der Waals surface area contributed by atoms with Crippen molar-refractivity contribution in [1.29, 1.82) is 5.26 Å². The monoisotopic (exact) mass is 522 g/mol. The fourth-order valence-corrected chi connectivity index (χ4v) is 6.36. The Morgan fingerprint density at radius 1 is 1.22 bits per heavy atom. The molecular formula is C26H31FN8OS. The molecule has 1 fully saturated rings. The molecule has 1 aliphatic heterocycles. The molecule has 4 aromatic rings. The fraction of sp³-hybridized carbons (Fsp3) is 0.500. The molecule has 0 N–H and O–H groups in total. The Bertz CT molecular complexity index is 1570. The summed E-state index contributed by atoms with van der Waals surface area (Å²) >= 11 is 1.39. The summed E-state index contributed by atoms with van der Waals surface area (Å²) < 4.78 is 19.2. The first-order chi connectivity index (χ1) is 17.8. The summed E-state index contributed by atoms with van der Waals surface area (Å²) in [5.41, 5.74) is 2.30. The van der Waals surface area contributed by atoms with Crippen molar-refractivity contribution >= 4 is 38.4 Å². The van der Waals surface area contributed by atoms with Crippen molar-refractivity contribution in [2.45, 2.75) is 65.2 Å². The van der Waals surface area contributed by atoms with Gasteiger partial charge in [-0.3, -0.25) is 14.1 Å². The quantitative estimate of drug-likeness (QED) is 0.375. The van der Waals surface area contributed by atoms with Crippen LogP contribution in [0.5, 0.6) is 0 Å². The molecule has 5 rings (SSSR count). The minimum absolute atomic E-state index is 0.0617. The lowest BCUT2D eigenvalue weighted by atomic mass is 9.96.